The molecule has 0 saturated carbocycles. The monoisotopic (exact) mass is 454 g/mol. The minimum atomic E-state index is -0.127. The first kappa shape index (κ1) is 21.4. The summed E-state index contributed by atoms with van der Waals surface area (Å²) in [6.45, 7) is 3.58. The number of amidine groups is 1. The van der Waals surface area contributed by atoms with Gasteiger partial charge in [-0.15, -0.1) is 0 Å². The Hall–Kier alpha value is -4.40. The van der Waals surface area contributed by atoms with Crippen LogP contribution in [-0.4, -0.2) is 37.7 Å². The van der Waals surface area contributed by atoms with Gasteiger partial charge in [-0.1, -0.05) is 42.5 Å². The lowest BCUT2D eigenvalue weighted by Gasteiger charge is -2.15. The van der Waals surface area contributed by atoms with E-state index in [1.54, 1.807) is 12.5 Å². The zero-order valence-electron chi connectivity index (χ0n) is 18.9. The molecule has 1 amide bonds. The van der Waals surface area contributed by atoms with Crippen LogP contribution in [0.4, 0.5) is 5.82 Å². The lowest BCUT2D eigenvalue weighted by atomic mass is 10.1. The van der Waals surface area contributed by atoms with Crippen molar-refractivity contribution in [3.05, 3.63) is 95.2 Å². The zero-order chi connectivity index (χ0) is 23.5. The number of anilines is 1. The second-order valence-electron chi connectivity index (χ2n) is 8.02. The number of aryl methyl sites for hydroxylation is 1. The summed E-state index contributed by atoms with van der Waals surface area (Å²) in [5, 5.41) is 10.7. The van der Waals surface area contributed by atoms with Crippen LogP contribution in [0.15, 0.2) is 72.1 Å². The number of carbonyl (C=O) groups is 1. The van der Waals surface area contributed by atoms with E-state index >= 15 is 0 Å². The SMILES string of the molecule is CCn1ncc(C(=O)NCc2ccc(-n3cnc4c3NCN=C4N)cc2)c1Cc1ccccc1. The van der Waals surface area contributed by atoms with E-state index in [9.17, 15) is 4.79 Å². The maximum absolute atomic E-state index is 13.0. The predicted molar refractivity (Wildman–Crippen MR) is 131 cm³/mol. The maximum atomic E-state index is 13.0. The van der Waals surface area contributed by atoms with Gasteiger partial charge in [-0.25, -0.2) is 9.98 Å². The molecule has 34 heavy (non-hydrogen) atoms. The van der Waals surface area contributed by atoms with E-state index in [4.69, 9.17) is 5.73 Å². The molecule has 0 spiro atoms. The molecule has 172 valence electrons. The van der Waals surface area contributed by atoms with Crippen molar-refractivity contribution >= 4 is 17.6 Å². The van der Waals surface area contributed by atoms with Gasteiger partial charge in [0, 0.05) is 25.2 Å². The molecule has 2 aromatic heterocycles. The Morgan fingerprint density at radius 3 is 2.68 bits per heavy atom. The molecule has 0 saturated heterocycles. The van der Waals surface area contributed by atoms with E-state index in [1.807, 2.05) is 58.6 Å². The number of nitrogens with one attached hydrogen (secondary N) is 2. The summed E-state index contributed by atoms with van der Waals surface area (Å²) < 4.78 is 3.82. The second kappa shape index (κ2) is 9.22. The molecule has 3 heterocycles. The number of hydrogen-bond donors (Lipinski definition) is 3. The summed E-state index contributed by atoms with van der Waals surface area (Å²) in [6, 6.07) is 18.1. The van der Waals surface area contributed by atoms with Crippen molar-refractivity contribution < 1.29 is 4.79 Å². The van der Waals surface area contributed by atoms with Crippen LogP contribution in [0.5, 0.6) is 0 Å². The first-order valence-corrected chi connectivity index (χ1v) is 11.2. The number of hydrogen-bond acceptors (Lipinski definition) is 6. The molecule has 4 aromatic rings. The predicted octanol–water partition coefficient (Wildman–Crippen LogP) is 2.70. The van der Waals surface area contributed by atoms with Crippen molar-refractivity contribution in [2.75, 3.05) is 12.0 Å². The van der Waals surface area contributed by atoms with Gasteiger partial charge in [0.2, 0.25) is 0 Å². The number of aliphatic imine (C=N–C) groups is 1. The summed E-state index contributed by atoms with van der Waals surface area (Å²) >= 11 is 0. The molecule has 5 rings (SSSR count). The molecule has 0 atom stereocenters. The lowest BCUT2D eigenvalue weighted by molar-refractivity contribution is 0.0950. The third-order valence-electron chi connectivity index (χ3n) is 5.88. The third-order valence-corrected chi connectivity index (χ3v) is 5.88. The first-order valence-electron chi connectivity index (χ1n) is 11.2. The quantitative estimate of drug-likeness (QED) is 0.397. The van der Waals surface area contributed by atoms with Gasteiger partial charge < -0.3 is 16.4 Å². The van der Waals surface area contributed by atoms with Gasteiger partial charge in [0.1, 0.15) is 30.3 Å². The fourth-order valence-electron chi connectivity index (χ4n) is 4.08. The molecule has 0 radical (unpaired) electrons. The summed E-state index contributed by atoms with van der Waals surface area (Å²) in [7, 11) is 0. The lowest BCUT2D eigenvalue weighted by Crippen LogP contribution is -2.24. The number of nitrogens with two attached hydrogens (primary N) is 1. The molecule has 9 heteroatoms. The molecule has 0 unspecified atom stereocenters. The molecule has 2 aromatic carbocycles. The zero-order valence-corrected chi connectivity index (χ0v) is 18.9. The van der Waals surface area contributed by atoms with Gasteiger partial charge in [0.05, 0.1) is 17.5 Å². The summed E-state index contributed by atoms with van der Waals surface area (Å²) in [5.74, 6) is 1.13. The average Bonchev–Trinajstić information content (AvgIpc) is 3.49. The van der Waals surface area contributed by atoms with E-state index in [0.29, 0.717) is 43.3 Å². The minimum Gasteiger partial charge on any atom is -0.382 e. The molecule has 9 nitrogen and oxygen atoms in total. The normalized spacial score (nSPS) is 12.6. The van der Waals surface area contributed by atoms with Crippen molar-refractivity contribution in [2.45, 2.75) is 26.4 Å². The van der Waals surface area contributed by atoms with Gasteiger partial charge >= 0.3 is 0 Å². The smallest absolute Gasteiger partial charge is 0.255 e. The molecule has 1 aliphatic heterocycles. The van der Waals surface area contributed by atoms with Crippen molar-refractivity contribution in [3.63, 3.8) is 0 Å². The van der Waals surface area contributed by atoms with E-state index in [-0.39, 0.29) is 5.91 Å². The number of aromatic nitrogens is 4. The van der Waals surface area contributed by atoms with Crippen LogP contribution >= 0.6 is 0 Å². The van der Waals surface area contributed by atoms with Crippen LogP contribution in [0.1, 0.15) is 39.8 Å². The van der Waals surface area contributed by atoms with Crippen molar-refractivity contribution in [1.82, 2.24) is 24.6 Å². The molecular weight excluding hydrogens is 428 g/mol. The Kier molecular flexibility index (Phi) is 5.82. The van der Waals surface area contributed by atoms with E-state index in [0.717, 1.165) is 28.3 Å². The van der Waals surface area contributed by atoms with Gasteiger partial charge in [-0.05, 0) is 30.2 Å². The Morgan fingerprint density at radius 1 is 1.12 bits per heavy atom. The van der Waals surface area contributed by atoms with Gasteiger partial charge in [0.15, 0.2) is 0 Å². The highest BCUT2D eigenvalue weighted by atomic mass is 16.1. The minimum absolute atomic E-state index is 0.127. The second-order valence-corrected chi connectivity index (χ2v) is 8.02. The molecule has 0 aliphatic carbocycles. The fourth-order valence-corrected chi connectivity index (χ4v) is 4.08. The van der Waals surface area contributed by atoms with Crippen molar-refractivity contribution in [2.24, 2.45) is 10.7 Å². The number of nitrogens with zero attached hydrogens (tertiary/aromatic N) is 5. The topological polar surface area (TPSA) is 115 Å². The van der Waals surface area contributed by atoms with Gasteiger partial charge in [0.25, 0.3) is 5.91 Å². The maximum Gasteiger partial charge on any atom is 0.255 e. The van der Waals surface area contributed by atoms with E-state index < -0.39 is 0 Å². The Bertz CT molecular complexity index is 1340. The van der Waals surface area contributed by atoms with Gasteiger partial charge in [-0.3, -0.25) is 14.0 Å². The summed E-state index contributed by atoms with van der Waals surface area (Å²) in [5.41, 5.74) is 11.2. The highest BCUT2D eigenvalue weighted by Crippen LogP contribution is 2.22. The van der Waals surface area contributed by atoms with Crippen LogP contribution < -0.4 is 16.4 Å². The number of fused-ring (bicyclic) bond motifs is 1. The number of rotatable bonds is 7. The van der Waals surface area contributed by atoms with Gasteiger partial charge in [-0.2, -0.15) is 5.10 Å². The van der Waals surface area contributed by atoms with Crippen LogP contribution in [0.3, 0.4) is 0 Å². The standard InChI is InChI=1S/C25H26N8O/c1-2-33-21(12-17-6-4-3-5-7-17)20(14-31-33)25(34)27-13-18-8-10-19(11-9-18)32-16-30-22-23(26)28-15-29-24(22)32/h3-11,14,16,29H,2,12-13,15H2,1H3,(H2,26,28)(H,27,34). The molecular formula is C25H26N8O. The Balaban J connectivity index is 1.28. The first-order chi connectivity index (χ1) is 16.6. The van der Waals surface area contributed by atoms with E-state index in [1.165, 1.54) is 0 Å². The highest BCUT2D eigenvalue weighted by molar-refractivity contribution is 6.01. The third kappa shape index (κ3) is 4.15. The summed E-state index contributed by atoms with van der Waals surface area (Å²) in [6.07, 6.45) is 4.04. The number of imidazole rings is 1. The van der Waals surface area contributed by atoms with Crippen LogP contribution in [0.25, 0.3) is 5.69 Å². The highest BCUT2D eigenvalue weighted by Gasteiger charge is 2.19. The van der Waals surface area contributed by atoms with Crippen LogP contribution in [-0.2, 0) is 19.5 Å². The fraction of sp³-hybridized carbons (Fsp3) is 0.200. The average molecular weight is 455 g/mol. The summed E-state index contributed by atoms with van der Waals surface area (Å²) in [4.78, 5) is 21.5. The van der Waals surface area contributed by atoms with Crippen molar-refractivity contribution in [1.29, 1.82) is 0 Å². The Morgan fingerprint density at radius 2 is 1.91 bits per heavy atom. The van der Waals surface area contributed by atoms with Crippen molar-refractivity contribution in [3.8, 4) is 5.69 Å². The Labute approximate surface area is 197 Å². The number of benzene rings is 2. The molecule has 1 aliphatic rings. The molecule has 0 bridgehead atoms. The molecule has 0 fully saturated rings. The molecule has 4 N–H and O–H groups in total. The number of amides is 1. The van der Waals surface area contributed by atoms with Crippen LogP contribution in [0.2, 0.25) is 0 Å². The van der Waals surface area contributed by atoms with E-state index in [2.05, 4.69) is 37.8 Å². The largest absolute Gasteiger partial charge is 0.382 e. The van der Waals surface area contributed by atoms with Crippen LogP contribution in [0, 0.1) is 0 Å². The number of carbonyl (C=O) groups excluding carboxylic acids is 1.